The van der Waals surface area contributed by atoms with E-state index in [0.717, 1.165) is 39.3 Å². The van der Waals surface area contributed by atoms with E-state index in [4.69, 9.17) is 0 Å². The van der Waals surface area contributed by atoms with Crippen LogP contribution in [0.1, 0.15) is 30.1 Å². The zero-order chi connectivity index (χ0) is 16.1. The number of fused-ring (bicyclic) bond motifs is 3. The number of hydrogen-bond acceptors (Lipinski definition) is 5. The number of nitrogens with zero attached hydrogens (tertiary/aromatic N) is 7. The fourth-order valence-electron chi connectivity index (χ4n) is 2.66. The summed E-state index contributed by atoms with van der Waals surface area (Å²) < 4.78 is 4.74. The molecule has 4 aromatic rings. The Balaban J connectivity index is 1.71. The summed E-state index contributed by atoms with van der Waals surface area (Å²) in [6.07, 6.45) is 3.37. The minimum absolute atomic E-state index is 0.127. The van der Waals surface area contributed by atoms with Gasteiger partial charge in [0.05, 0.1) is 28.3 Å². The van der Waals surface area contributed by atoms with Crippen LogP contribution < -0.4 is 0 Å². The van der Waals surface area contributed by atoms with Crippen LogP contribution in [0, 0.1) is 13.8 Å². The van der Waals surface area contributed by atoms with Crippen LogP contribution in [0.25, 0.3) is 16.7 Å². The summed E-state index contributed by atoms with van der Waals surface area (Å²) in [6, 6.07) is 0. The first-order valence-electron chi connectivity index (χ1n) is 7.28. The van der Waals surface area contributed by atoms with E-state index in [1.165, 1.54) is 0 Å². The van der Waals surface area contributed by atoms with Gasteiger partial charge in [0, 0.05) is 11.6 Å². The van der Waals surface area contributed by atoms with Gasteiger partial charge in [0.2, 0.25) is 0 Å². The molecule has 1 unspecified atom stereocenters. The van der Waals surface area contributed by atoms with Crippen LogP contribution in [0.4, 0.5) is 0 Å². The highest BCUT2D eigenvalue weighted by molar-refractivity contribution is 9.10. The van der Waals surface area contributed by atoms with E-state index in [9.17, 15) is 0 Å². The molecule has 0 saturated carbocycles. The van der Waals surface area contributed by atoms with Gasteiger partial charge in [0.25, 0.3) is 0 Å². The molecule has 23 heavy (non-hydrogen) atoms. The molecule has 4 rings (SSSR count). The lowest BCUT2D eigenvalue weighted by atomic mass is 10.1. The average Bonchev–Trinajstić information content (AvgIpc) is 3.21. The van der Waals surface area contributed by atoms with Crippen molar-refractivity contribution in [3.63, 3.8) is 0 Å². The van der Waals surface area contributed by atoms with Gasteiger partial charge in [-0.1, -0.05) is 6.92 Å². The standard InChI is InChI=1S/C14H15BrN8/c1-7(5-22-9(3)11(15)8(2)20-22)12-18-14-10-4-17-19-13(10)16-6-23(14)21-12/h4,6-7H,5H2,1-3H3,(H,17,19). The molecule has 4 aromatic heterocycles. The lowest BCUT2D eigenvalue weighted by Gasteiger charge is -2.09. The maximum atomic E-state index is 4.67. The zero-order valence-electron chi connectivity index (χ0n) is 12.9. The molecule has 1 atom stereocenters. The summed E-state index contributed by atoms with van der Waals surface area (Å²) >= 11 is 3.56. The third-order valence-corrected chi connectivity index (χ3v) is 5.13. The first-order valence-corrected chi connectivity index (χ1v) is 8.07. The van der Waals surface area contributed by atoms with Crippen molar-refractivity contribution in [2.24, 2.45) is 0 Å². The van der Waals surface area contributed by atoms with Gasteiger partial charge in [-0.15, -0.1) is 5.10 Å². The van der Waals surface area contributed by atoms with Gasteiger partial charge < -0.3 is 0 Å². The van der Waals surface area contributed by atoms with E-state index in [1.807, 2.05) is 18.5 Å². The van der Waals surface area contributed by atoms with Crippen molar-refractivity contribution in [3.8, 4) is 0 Å². The highest BCUT2D eigenvalue weighted by Crippen LogP contribution is 2.23. The smallest absolute Gasteiger partial charge is 0.170 e. The molecule has 0 fully saturated rings. The van der Waals surface area contributed by atoms with Gasteiger partial charge in [-0.25, -0.2) is 14.5 Å². The Morgan fingerprint density at radius 1 is 1.30 bits per heavy atom. The van der Waals surface area contributed by atoms with Crippen LogP contribution in [0.3, 0.4) is 0 Å². The molecule has 118 valence electrons. The third kappa shape index (κ3) is 2.23. The van der Waals surface area contributed by atoms with Gasteiger partial charge in [-0.3, -0.25) is 9.78 Å². The zero-order valence-corrected chi connectivity index (χ0v) is 14.5. The van der Waals surface area contributed by atoms with Crippen molar-refractivity contribution in [1.82, 2.24) is 39.6 Å². The Morgan fingerprint density at radius 2 is 2.13 bits per heavy atom. The lowest BCUT2D eigenvalue weighted by Crippen LogP contribution is -2.10. The third-order valence-electron chi connectivity index (χ3n) is 3.98. The van der Waals surface area contributed by atoms with Gasteiger partial charge in [-0.05, 0) is 29.8 Å². The second-order valence-corrected chi connectivity index (χ2v) is 6.48. The molecule has 0 aliphatic carbocycles. The monoisotopic (exact) mass is 374 g/mol. The lowest BCUT2D eigenvalue weighted by molar-refractivity contribution is 0.512. The second-order valence-electron chi connectivity index (χ2n) is 5.68. The number of rotatable bonds is 3. The normalized spacial score (nSPS) is 13.2. The van der Waals surface area contributed by atoms with Crippen molar-refractivity contribution in [1.29, 1.82) is 0 Å². The molecule has 8 nitrogen and oxygen atoms in total. The number of aromatic nitrogens is 8. The van der Waals surface area contributed by atoms with Crippen LogP contribution >= 0.6 is 15.9 Å². The first kappa shape index (κ1) is 14.3. The molecule has 1 N–H and O–H groups in total. The maximum Gasteiger partial charge on any atom is 0.170 e. The van der Waals surface area contributed by atoms with E-state index in [0.29, 0.717) is 5.65 Å². The fraction of sp³-hybridized carbons (Fsp3) is 0.357. The first-order chi connectivity index (χ1) is 11.0. The van der Waals surface area contributed by atoms with Crippen LogP contribution in [-0.2, 0) is 6.54 Å². The van der Waals surface area contributed by atoms with E-state index in [2.05, 4.69) is 53.2 Å². The minimum Gasteiger partial charge on any atom is -0.268 e. The fourth-order valence-corrected chi connectivity index (χ4v) is 2.94. The van der Waals surface area contributed by atoms with E-state index < -0.39 is 0 Å². The van der Waals surface area contributed by atoms with E-state index in [-0.39, 0.29) is 5.92 Å². The Bertz CT molecular complexity index is 1010. The van der Waals surface area contributed by atoms with Crippen LogP contribution in [-0.4, -0.2) is 39.6 Å². The summed E-state index contributed by atoms with van der Waals surface area (Å²) in [4.78, 5) is 8.94. The van der Waals surface area contributed by atoms with Gasteiger partial charge >= 0.3 is 0 Å². The van der Waals surface area contributed by atoms with Crippen molar-refractivity contribution >= 4 is 32.6 Å². The van der Waals surface area contributed by atoms with Crippen LogP contribution in [0.2, 0.25) is 0 Å². The molecule has 9 heteroatoms. The molecular weight excluding hydrogens is 360 g/mol. The van der Waals surface area contributed by atoms with Crippen molar-refractivity contribution in [2.45, 2.75) is 33.2 Å². The summed E-state index contributed by atoms with van der Waals surface area (Å²) in [5.74, 6) is 0.894. The summed E-state index contributed by atoms with van der Waals surface area (Å²) in [7, 11) is 0. The number of aryl methyl sites for hydroxylation is 1. The molecule has 0 aromatic carbocycles. The number of aromatic amines is 1. The summed E-state index contributed by atoms with van der Waals surface area (Å²) in [5.41, 5.74) is 3.57. The summed E-state index contributed by atoms with van der Waals surface area (Å²) in [5, 5.41) is 16.8. The van der Waals surface area contributed by atoms with Crippen molar-refractivity contribution < 1.29 is 0 Å². The quantitative estimate of drug-likeness (QED) is 0.594. The number of nitrogens with one attached hydrogen (secondary N) is 1. The van der Waals surface area contributed by atoms with E-state index >= 15 is 0 Å². The van der Waals surface area contributed by atoms with Gasteiger partial charge in [0.15, 0.2) is 17.1 Å². The second kappa shape index (κ2) is 5.12. The highest BCUT2D eigenvalue weighted by atomic mass is 79.9. The molecule has 0 spiro atoms. The molecule has 0 radical (unpaired) electrons. The number of halogens is 1. The number of H-pyrrole nitrogens is 1. The van der Waals surface area contributed by atoms with Crippen molar-refractivity contribution in [3.05, 3.63) is 34.2 Å². The van der Waals surface area contributed by atoms with Crippen LogP contribution in [0.15, 0.2) is 17.0 Å². The SMILES string of the molecule is Cc1nn(CC(C)c2nc3c4cn[nH]c4ncn3n2)c(C)c1Br. The van der Waals surface area contributed by atoms with Gasteiger partial charge in [-0.2, -0.15) is 10.2 Å². The van der Waals surface area contributed by atoms with Crippen molar-refractivity contribution in [2.75, 3.05) is 0 Å². The molecule has 0 bridgehead atoms. The highest BCUT2D eigenvalue weighted by Gasteiger charge is 2.18. The maximum absolute atomic E-state index is 4.67. The van der Waals surface area contributed by atoms with Gasteiger partial charge in [0.1, 0.15) is 6.33 Å². The Hall–Kier alpha value is -2.29. The predicted molar refractivity (Wildman–Crippen MR) is 88.2 cm³/mol. The number of hydrogen-bond donors (Lipinski definition) is 1. The molecule has 0 aliphatic rings. The molecule has 4 heterocycles. The molecule has 0 aliphatic heterocycles. The molecule has 0 saturated heterocycles. The Labute approximate surface area is 140 Å². The summed E-state index contributed by atoms with van der Waals surface area (Å²) in [6.45, 7) is 6.85. The predicted octanol–water partition coefficient (Wildman–Crippen LogP) is 2.38. The topological polar surface area (TPSA) is 89.6 Å². The Morgan fingerprint density at radius 3 is 2.87 bits per heavy atom. The van der Waals surface area contributed by atoms with Crippen LogP contribution in [0.5, 0.6) is 0 Å². The minimum atomic E-state index is 0.127. The average molecular weight is 375 g/mol. The van der Waals surface area contributed by atoms with E-state index in [1.54, 1.807) is 17.0 Å². The molecular formula is C14H15BrN8. The largest absolute Gasteiger partial charge is 0.268 e. The Kier molecular flexibility index (Phi) is 3.19. The molecule has 0 amide bonds.